The van der Waals surface area contributed by atoms with Gasteiger partial charge in [-0.15, -0.1) is 11.3 Å². The number of carboxylic acids is 1. The first-order valence-electron chi connectivity index (χ1n) is 18.4. The molecule has 0 aliphatic rings. The molecule has 0 saturated carbocycles. The van der Waals surface area contributed by atoms with Crippen LogP contribution in [-0.4, -0.2) is 38.8 Å². The van der Waals surface area contributed by atoms with Crippen LogP contribution in [0.3, 0.4) is 0 Å². The van der Waals surface area contributed by atoms with Gasteiger partial charge >= 0.3 is 17.9 Å². The fourth-order valence-corrected chi connectivity index (χ4v) is 7.41. The first-order chi connectivity index (χ1) is 28.7. The van der Waals surface area contributed by atoms with Crippen LogP contribution < -0.4 is 10.1 Å². The lowest BCUT2D eigenvalue weighted by atomic mass is 9.77. The maximum atomic E-state index is 14.0. The van der Waals surface area contributed by atoms with Crippen LogP contribution in [0.15, 0.2) is 174 Å². The number of carboxylic acid groups (broad SMARTS) is 1. The zero-order valence-corrected chi connectivity index (χ0v) is 32.4. The highest BCUT2D eigenvalue weighted by molar-refractivity contribution is 7.14. The van der Waals surface area contributed by atoms with Gasteiger partial charge < -0.3 is 29.8 Å². The van der Waals surface area contributed by atoms with E-state index in [1.807, 2.05) is 152 Å². The van der Waals surface area contributed by atoms with Crippen LogP contribution in [0.4, 0.5) is 5.13 Å². The number of anilines is 1. The minimum absolute atomic E-state index is 0.0225. The SMILES string of the molecule is CC(=O)Oc1cc(C(=O)OC(c2ccccc2)c2ccccc2)c(CO/N=C(\C(=O)O)c2csc(NC(c3ccccc3)(c3ccccc3)c3ccccc3)n2)cc1O. The van der Waals surface area contributed by atoms with Gasteiger partial charge in [-0.25, -0.2) is 14.6 Å². The molecule has 0 atom stereocenters. The van der Waals surface area contributed by atoms with Crippen molar-refractivity contribution in [1.82, 2.24) is 4.98 Å². The van der Waals surface area contributed by atoms with Gasteiger partial charge in [0, 0.05) is 17.9 Å². The van der Waals surface area contributed by atoms with Gasteiger partial charge in [0.1, 0.15) is 17.8 Å². The molecule has 7 rings (SSSR count). The van der Waals surface area contributed by atoms with Crippen LogP contribution in [0.25, 0.3) is 0 Å². The number of phenolic OH excluding ortho intramolecular Hbond substituents is 1. The molecule has 0 unspecified atom stereocenters. The summed E-state index contributed by atoms with van der Waals surface area (Å²) in [5.74, 6) is -3.71. The number of hydrogen-bond acceptors (Lipinski definition) is 11. The van der Waals surface area contributed by atoms with E-state index in [1.165, 1.54) is 23.5 Å². The minimum Gasteiger partial charge on any atom is -0.504 e. The number of ether oxygens (including phenoxy) is 2. The number of nitrogens with one attached hydrogen (secondary N) is 1. The fraction of sp³-hybridized carbons (Fsp3) is 0.0851. The van der Waals surface area contributed by atoms with Gasteiger partial charge in [-0.2, -0.15) is 0 Å². The van der Waals surface area contributed by atoms with E-state index in [2.05, 4.69) is 15.5 Å². The van der Waals surface area contributed by atoms with Crippen molar-refractivity contribution in [3.8, 4) is 11.5 Å². The number of aromatic hydroxyl groups is 1. The van der Waals surface area contributed by atoms with Crippen molar-refractivity contribution in [2.24, 2.45) is 5.16 Å². The van der Waals surface area contributed by atoms with Gasteiger partial charge in [0.25, 0.3) is 0 Å². The van der Waals surface area contributed by atoms with E-state index in [1.54, 1.807) is 5.38 Å². The summed E-state index contributed by atoms with van der Waals surface area (Å²) < 4.78 is 11.2. The molecular formula is C47H37N3O8S. The quantitative estimate of drug-likeness (QED) is 0.0300. The Kier molecular flexibility index (Phi) is 12.2. The molecular weight excluding hydrogens is 767 g/mol. The second-order valence-electron chi connectivity index (χ2n) is 13.2. The molecule has 59 heavy (non-hydrogen) atoms. The Bertz CT molecular complexity index is 2430. The number of aromatic nitrogens is 1. The summed E-state index contributed by atoms with van der Waals surface area (Å²) in [6.07, 6.45) is -0.821. The first-order valence-corrected chi connectivity index (χ1v) is 19.3. The average Bonchev–Trinajstić information content (AvgIpc) is 3.73. The van der Waals surface area contributed by atoms with E-state index in [4.69, 9.17) is 14.3 Å². The first kappa shape index (κ1) is 39.7. The van der Waals surface area contributed by atoms with Gasteiger partial charge in [0.15, 0.2) is 22.7 Å². The largest absolute Gasteiger partial charge is 0.504 e. The average molecular weight is 804 g/mol. The van der Waals surface area contributed by atoms with Crippen molar-refractivity contribution in [3.63, 3.8) is 0 Å². The Labute approximate surface area is 343 Å². The van der Waals surface area contributed by atoms with Crippen molar-refractivity contribution >= 4 is 40.1 Å². The molecule has 1 aromatic heterocycles. The van der Waals surface area contributed by atoms with E-state index in [-0.39, 0.29) is 22.6 Å². The van der Waals surface area contributed by atoms with Crippen LogP contribution in [-0.2, 0) is 31.3 Å². The zero-order valence-electron chi connectivity index (χ0n) is 31.6. The number of carbonyl (C=O) groups is 3. The molecule has 12 heteroatoms. The number of hydrogen-bond donors (Lipinski definition) is 3. The third-order valence-corrected chi connectivity index (χ3v) is 10.1. The number of phenols is 1. The third kappa shape index (κ3) is 9.03. The minimum atomic E-state index is -1.41. The summed E-state index contributed by atoms with van der Waals surface area (Å²) in [7, 11) is 0. The summed E-state index contributed by atoms with van der Waals surface area (Å²) in [6.45, 7) is 0.673. The predicted octanol–water partition coefficient (Wildman–Crippen LogP) is 9.13. The number of nitrogens with zero attached hydrogens (tertiary/aromatic N) is 2. The molecule has 0 radical (unpaired) electrons. The number of aliphatic carboxylic acids is 1. The van der Waals surface area contributed by atoms with Crippen LogP contribution >= 0.6 is 11.3 Å². The highest BCUT2D eigenvalue weighted by Gasteiger charge is 2.37. The number of rotatable bonds is 15. The Hall–Kier alpha value is -7.57. The molecule has 7 aromatic rings. The molecule has 0 aliphatic heterocycles. The summed E-state index contributed by atoms with van der Waals surface area (Å²) >= 11 is 1.19. The van der Waals surface area contributed by atoms with Crippen LogP contribution in [0.5, 0.6) is 11.5 Å². The van der Waals surface area contributed by atoms with Crippen molar-refractivity contribution < 1.29 is 38.9 Å². The van der Waals surface area contributed by atoms with Crippen molar-refractivity contribution in [3.05, 3.63) is 214 Å². The predicted molar refractivity (Wildman–Crippen MR) is 223 cm³/mol. The van der Waals surface area contributed by atoms with Crippen LogP contribution in [0, 0.1) is 0 Å². The summed E-state index contributed by atoms with van der Waals surface area (Å²) in [6, 6.07) is 50.3. The van der Waals surface area contributed by atoms with Crippen LogP contribution in [0.2, 0.25) is 0 Å². The topological polar surface area (TPSA) is 157 Å². The van der Waals surface area contributed by atoms with E-state index >= 15 is 0 Å². The van der Waals surface area contributed by atoms with E-state index < -0.39 is 47.6 Å². The van der Waals surface area contributed by atoms with Gasteiger partial charge in [-0.3, -0.25) is 4.79 Å². The highest BCUT2D eigenvalue weighted by Crippen LogP contribution is 2.41. The summed E-state index contributed by atoms with van der Waals surface area (Å²) in [4.78, 5) is 48.7. The molecule has 0 spiro atoms. The number of thiazole rings is 1. The van der Waals surface area contributed by atoms with Crippen molar-refractivity contribution in [2.75, 3.05) is 5.32 Å². The van der Waals surface area contributed by atoms with Gasteiger partial charge in [0.2, 0.25) is 5.71 Å². The normalized spacial score (nSPS) is 11.5. The van der Waals surface area contributed by atoms with Gasteiger partial charge in [-0.05, 0) is 39.9 Å². The zero-order chi connectivity index (χ0) is 41.2. The Morgan fingerprint density at radius 2 is 1.24 bits per heavy atom. The number of oxime groups is 1. The van der Waals surface area contributed by atoms with Gasteiger partial charge in [-0.1, -0.05) is 157 Å². The van der Waals surface area contributed by atoms with Crippen LogP contribution in [0.1, 0.15) is 62.5 Å². The lowest BCUT2D eigenvalue weighted by Gasteiger charge is -2.36. The number of esters is 2. The standard InChI is InChI=1S/C47H37N3O8S/c1-31(51)57-41-28-38(45(55)58-43(32-17-7-2-8-18-32)33-19-9-3-10-20-33)34(27-40(41)52)29-56-50-42(44(53)54)39-30-59-46(48-39)49-47(35-21-11-4-12-22-35,36-23-13-5-14-24-36)37-25-15-6-16-26-37/h2-28,30,43,52H,29H2,1H3,(H,48,49)(H,53,54)/b50-42-. The van der Waals surface area contributed by atoms with E-state index in [0.717, 1.165) is 23.6 Å². The molecule has 0 fully saturated rings. The Morgan fingerprint density at radius 1 is 0.746 bits per heavy atom. The maximum absolute atomic E-state index is 14.0. The molecule has 0 bridgehead atoms. The molecule has 294 valence electrons. The molecule has 1 heterocycles. The third-order valence-electron chi connectivity index (χ3n) is 9.33. The van der Waals surface area contributed by atoms with E-state index in [9.17, 15) is 24.6 Å². The molecule has 6 aromatic carbocycles. The van der Waals surface area contributed by atoms with E-state index in [0.29, 0.717) is 16.3 Å². The lowest BCUT2D eigenvalue weighted by molar-refractivity contribution is -0.132. The Balaban J connectivity index is 1.19. The molecule has 0 saturated heterocycles. The Morgan fingerprint density at radius 3 is 1.71 bits per heavy atom. The molecule has 3 N–H and O–H groups in total. The van der Waals surface area contributed by atoms with Crippen molar-refractivity contribution in [1.29, 1.82) is 0 Å². The number of benzene rings is 6. The monoisotopic (exact) mass is 803 g/mol. The number of carbonyl (C=O) groups excluding carboxylic acids is 2. The second kappa shape index (κ2) is 18.1. The molecule has 0 amide bonds. The summed E-state index contributed by atoms with van der Waals surface area (Å²) in [5, 5.41) is 30.6. The highest BCUT2D eigenvalue weighted by atomic mass is 32.1. The molecule has 11 nitrogen and oxygen atoms in total. The second-order valence-corrected chi connectivity index (χ2v) is 14.1. The smallest absolute Gasteiger partial charge is 0.360 e. The molecule has 0 aliphatic carbocycles. The van der Waals surface area contributed by atoms with Crippen molar-refractivity contribution in [2.45, 2.75) is 25.2 Å². The lowest BCUT2D eigenvalue weighted by Crippen LogP contribution is -2.38. The van der Waals surface area contributed by atoms with Gasteiger partial charge in [0.05, 0.1) is 5.56 Å². The fourth-order valence-electron chi connectivity index (χ4n) is 6.66. The maximum Gasteiger partial charge on any atom is 0.360 e. The summed E-state index contributed by atoms with van der Waals surface area (Å²) in [5.41, 5.74) is 2.77.